The van der Waals surface area contributed by atoms with Gasteiger partial charge in [-0.05, 0) is 37.3 Å². The lowest BCUT2D eigenvalue weighted by Crippen LogP contribution is -2.31. The van der Waals surface area contributed by atoms with Crippen molar-refractivity contribution in [2.75, 3.05) is 12.9 Å². The molecular formula is C19H21NO4S. The zero-order valence-corrected chi connectivity index (χ0v) is 15.2. The molecule has 0 radical (unpaired) electrons. The van der Waals surface area contributed by atoms with Crippen LogP contribution in [-0.4, -0.2) is 24.6 Å². The molecule has 2 N–H and O–H groups in total. The van der Waals surface area contributed by atoms with Crippen molar-refractivity contribution in [2.45, 2.75) is 37.0 Å². The zero-order chi connectivity index (χ0) is 18.0. The highest BCUT2D eigenvalue weighted by Crippen LogP contribution is 2.44. The number of hydrogen-bond donors (Lipinski definition) is 1. The molecule has 1 aromatic carbocycles. The first kappa shape index (κ1) is 17.6. The number of ether oxygens (including phenoxy) is 2. The molecule has 1 atom stereocenters. The number of carbonyl (C=O) groups is 2. The summed E-state index contributed by atoms with van der Waals surface area (Å²) >= 11 is 1.63. The van der Waals surface area contributed by atoms with Crippen LogP contribution in [0, 0.1) is 0 Å². The number of benzene rings is 1. The molecule has 0 unspecified atom stereocenters. The van der Waals surface area contributed by atoms with Gasteiger partial charge in [0.25, 0.3) is 0 Å². The number of hydrogen-bond acceptors (Lipinski definition) is 6. The van der Waals surface area contributed by atoms with Gasteiger partial charge in [0.2, 0.25) is 5.88 Å². The molecule has 1 aliphatic carbocycles. The van der Waals surface area contributed by atoms with Gasteiger partial charge in [0.15, 0.2) is 5.78 Å². The van der Waals surface area contributed by atoms with Crippen LogP contribution in [0.2, 0.25) is 0 Å². The lowest BCUT2D eigenvalue weighted by molar-refractivity contribution is -0.139. The molecular weight excluding hydrogens is 338 g/mol. The van der Waals surface area contributed by atoms with Gasteiger partial charge in [0.1, 0.15) is 11.3 Å². The maximum Gasteiger partial charge on any atom is 0.340 e. The van der Waals surface area contributed by atoms with Crippen molar-refractivity contribution in [3.05, 3.63) is 52.6 Å². The van der Waals surface area contributed by atoms with E-state index in [2.05, 4.69) is 0 Å². The van der Waals surface area contributed by atoms with Crippen LogP contribution in [0.3, 0.4) is 0 Å². The Morgan fingerprint density at radius 2 is 2.04 bits per heavy atom. The Balaban J connectivity index is 2.13. The van der Waals surface area contributed by atoms with E-state index in [4.69, 9.17) is 15.2 Å². The summed E-state index contributed by atoms with van der Waals surface area (Å²) in [6.45, 7) is 1.96. The van der Waals surface area contributed by atoms with Crippen LogP contribution in [0.5, 0.6) is 0 Å². The Morgan fingerprint density at radius 3 is 2.68 bits per heavy atom. The van der Waals surface area contributed by atoms with Gasteiger partial charge >= 0.3 is 5.97 Å². The molecule has 2 aliphatic rings. The summed E-state index contributed by atoms with van der Waals surface area (Å²) in [4.78, 5) is 26.2. The van der Waals surface area contributed by atoms with Crippen molar-refractivity contribution in [3.8, 4) is 0 Å². The van der Waals surface area contributed by atoms with Crippen LogP contribution < -0.4 is 5.73 Å². The van der Waals surface area contributed by atoms with Gasteiger partial charge in [0.05, 0.1) is 12.5 Å². The topological polar surface area (TPSA) is 78.6 Å². The van der Waals surface area contributed by atoms with E-state index in [1.54, 1.807) is 18.7 Å². The summed E-state index contributed by atoms with van der Waals surface area (Å²) in [5.74, 6) is -0.448. The predicted octanol–water partition coefficient (Wildman–Crippen LogP) is 3.26. The Kier molecular flexibility index (Phi) is 5.18. The monoisotopic (exact) mass is 359 g/mol. The Hall–Kier alpha value is -2.21. The quantitative estimate of drug-likeness (QED) is 0.657. The van der Waals surface area contributed by atoms with Crippen molar-refractivity contribution in [2.24, 2.45) is 5.73 Å². The van der Waals surface area contributed by atoms with Gasteiger partial charge in [-0.2, -0.15) is 0 Å². The second-order valence-corrected chi connectivity index (χ2v) is 6.80. The van der Waals surface area contributed by atoms with Gasteiger partial charge in [-0.25, -0.2) is 4.79 Å². The molecule has 1 heterocycles. The molecule has 1 aliphatic heterocycles. The first-order chi connectivity index (χ1) is 12.1. The molecule has 1 aromatic rings. The van der Waals surface area contributed by atoms with Gasteiger partial charge < -0.3 is 15.2 Å². The molecule has 0 fully saturated rings. The molecule has 0 amide bonds. The SMILES string of the molecule is CCOC(=O)C1=C(N)OC2=C(C(=O)CCC2)[C@H]1c1ccc(SC)cc1. The highest BCUT2D eigenvalue weighted by molar-refractivity contribution is 7.98. The number of ketones is 1. The van der Waals surface area contributed by atoms with Gasteiger partial charge in [-0.3, -0.25) is 4.79 Å². The summed E-state index contributed by atoms with van der Waals surface area (Å²) in [7, 11) is 0. The van der Waals surface area contributed by atoms with E-state index < -0.39 is 11.9 Å². The Morgan fingerprint density at radius 1 is 1.32 bits per heavy atom. The average Bonchev–Trinajstić information content (AvgIpc) is 2.61. The number of nitrogens with two attached hydrogens (primary N) is 1. The number of esters is 1. The van der Waals surface area contributed by atoms with Crippen molar-refractivity contribution in [1.82, 2.24) is 0 Å². The first-order valence-electron chi connectivity index (χ1n) is 8.31. The largest absolute Gasteiger partial charge is 0.462 e. The van der Waals surface area contributed by atoms with Gasteiger partial charge in [0, 0.05) is 23.3 Å². The minimum Gasteiger partial charge on any atom is -0.462 e. The van der Waals surface area contributed by atoms with Crippen LogP contribution in [0.15, 0.2) is 51.9 Å². The predicted molar refractivity (Wildman–Crippen MR) is 95.8 cm³/mol. The third-order valence-electron chi connectivity index (χ3n) is 4.43. The summed E-state index contributed by atoms with van der Waals surface area (Å²) in [5, 5.41) is 0. The maximum atomic E-state index is 12.6. The number of carbonyl (C=O) groups excluding carboxylic acids is 2. The van der Waals surface area contributed by atoms with Crippen molar-refractivity contribution < 1.29 is 19.1 Å². The molecule has 0 aromatic heterocycles. The molecule has 25 heavy (non-hydrogen) atoms. The van der Waals surface area contributed by atoms with Crippen LogP contribution in [0.25, 0.3) is 0 Å². The zero-order valence-electron chi connectivity index (χ0n) is 14.3. The van der Waals surface area contributed by atoms with Crippen LogP contribution in [-0.2, 0) is 19.1 Å². The smallest absolute Gasteiger partial charge is 0.340 e. The molecule has 0 bridgehead atoms. The van der Waals surface area contributed by atoms with Crippen molar-refractivity contribution in [1.29, 1.82) is 0 Å². The summed E-state index contributed by atoms with van der Waals surface area (Å²) in [5.41, 5.74) is 7.65. The lowest BCUT2D eigenvalue weighted by Gasteiger charge is -2.32. The van der Waals surface area contributed by atoms with E-state index in [1.807, 2.05) is 30.5 Å². The normalized spacial score (nSPS) is 20.2. The summed E-state index contributed by atoms with van der Waals surface area (Å²) < 4.78 is 10.8. The van der Waals surface area contributed by atoms with E-state index >= 15 is 0 Å². The fourth-order valence-electron chi connectivity index (χ4n) is 3.29. The number of rotatable bonds is 4. The molecule has 0 spiro atoms. The molecule has 3 rings (SSSR count). The fraction of sp³-hybridized carbons (Fsp3) is 0.368. The van der Waals surface area contributed by atoms with Crippen LogP contribution >= 0.6 is 11.8 Å². The molecule has 5 nitrogen and oxygen atoms in total. The minimum atomic E-state index is -0.538. The maximum absolute atomic E-state index is 12.6. The Bertz CT molecular complexity index is 764. The second-order valence-electron chi connectivity index (χ2n) is 5.92. The van der Waals surface area contributed by atoms with Crippen molar-refractivity contribution in [3.63, 3.8) is 0 Å². The second kappa shape index (κ2) is 7.35. The van der Waals surface area contributed by atoms with E-state index in [0.717, 1.165) is 16.9 Å². The molecule has 0 saturated heterocycles. The molecule has 0 saturated carbocycles. The standard InChI is InChI=1S/C19H21NO4S/c1-3-23-19(22)17-15(11-7-9-12(25-2)10-8-11)16-13(21)5-4-6-14(16)24-18(17)20/h7-10,15H,3-6,20H2,1-2H3/t15-/m1/s1. The molecule has 6 heteroatoms. The van der Waals surface area contributed by atoms with E-state index in [0.29, 0.717) is 24.2 Å². The van der Waals surface area contributed by atoms with E-state index in [-0.39, 0.29) is 23.8 Å². The molecule has 132 valence electrons. The number of allylic oxidation sites excluding steroid dienone is 2. The minimum absolute atomic E-state index is 0.00879. The number of thioether (sulfide) groups is 1. The highest BCUT2D eigenvalue weighted by Gasteiger charge is 2.41. The first-order valence-corrected chi connectivity index (χ1v) is 9.54. The highest BCUT2D eigenvalue weighted by atomic mass is 32.2. The summed E-state index contributed by atoms with van der Waals surface area (Å²) in [6, 6.07) is 7.81. The van der Waals surface area contributed by atoms with Gasteiger partial charge in [-0.1, -0.05) is 12.1 Å². The third kappa shape index (κ3) is 3.31. The van der Waals surface area contributed by atoms with E-state index in [1.165, 1.54) is 0 Å². The number of Topliss-reactive ketones (excluding diaryl/α,β-unsaturated/α-hetero) is 1. The van der Waals surface area contributed by atoms with Crippen LogP contribution in [0.1, 0.15) is 37.7 Å². The average molecular weight is 359 g/mol. The summed E-state index contributed by atoms with van der Waals surface area (Å²) in [6.07, 6.45) is 3.84. The fourth-order valence-corrected chi connectivity index (χ4v) is 3.70. The Labute approximate surface area is 151 Å². The lowest BCUT2D eigenvalue weighted by atomic mass is 9.77. The van der Waals surface area contributed by atoms with Crippen molar-refractivity contribution >= 4 is 23.5 Å². The third-order valence-corrected chi connectivity index (χ3v) is 5.17. The van der Waals surface area contributed by atoms with Crippen LogP contribution in [0.4, 0.5) is 0 Å². The van der Waals surface area contributed by atoms with E-state index in [9.17, 15) is 9.59 Å². The van der Waals surface area contributed by atoms with Gasteiger partial charge in [-0.15, -0.1) is 11.8 Å².